The number of rotatable bonds is 6. The molecule has 2 aromatic carbocycles. The van der Waals surface area contributed by atoms with Gasteiger partial charge in [0.1, 0.15) is 5.75 Å². The minimum absolute atomic E-state index is 0.0945. The number of nitrogens with zero attached hydrogens (tertiary/aromatic N) is 3. The van der Waals surface area contributed by atoms with Crippen LogP contribution in [0.2, 0.25) is 0 Å². The zero-order valence-corrected chi connectivity index (χ0v) is 17.4. The van der Waals surface area contributed by atoms with E-state index in [9.17, 15) is 10.1 Å². The number of nitro benzene ring substituents is 1. The number of hydrogen-bond acceptors (Lipinski definition) is 4. The number of nitro groups is 1. The second-order valence-electron chi connectivity index (χ2n) is 7.01. The lowest BCUT2D eigenvalue weighted by Crippen LogP contribution is -2.00. The van der Waals surface area contributed by atoms with Gasteiger partial charge >= 0.3 is 0 Å². The Labute approximate surface area is 170 Å². The summed E-state index contributed by atoms with van der Waals surface area (Å²) in [5, 5.41) is 11.3. The molecular formula is C23H25N3O3. The summed E-state index contributed by atoms with van der Waals surface area (Å²) >= 11 is 0. The van der Waals surface area contributed by atoms with Gasteiger partial charge in [-0.05, 0) is 76.6 Å². The zero-order valence-electron chi connectivity index (χ0n) is 17.4. The molecule has 0 spiro atoms. The van der Waals surface area contributed by atoms with Crippen LogP contribution in [0, 0.1) is 37.8 Å². The fourth-order valence-corrected chi connectivity index (χ4v) is 3.40. The van der Waals surface area contributed by atoms with Crippen LogP contribution in [-0.2, 0) is 0 Å². The number of aliphatic imine (C=N–C) groups is 1. The first-order chi connectivity index (χ1) is 13.8. The molecule has 0 radical (unpaired) electrons. The van der Waals surface area contributed by atoms with E-state index in [4.69, 9.17) is 4.74 Å². The molecular weight excluding hydrogens is 366 g/mol. The maximum Gasteiger partial charge on any atom is 0.274 e. The lowest BCUT2D eigenvalue weighted by atomic mass is 10.1. The monoisotopic (exact) mass is 391 g/mol. The molecule has 0 saturated heterocycles. The Hall–Kier alpha value is -3.41. The Morgan fingerprint density at radius 3 is 2.41 bits per heavy atom. The maximum atomic E-state index is 11.3. The Balaban J connectivity index is 1.94. The van der Waals surface area contributed by atoms with Crippen molar-refractivity contribution in [3.05, 3.63) is 80.7 Å². The van der Waals surface area contributed by atoms with Gasteiger partial charge in [-0.2, -0.15) is 0 Å². The van der Waals surface area contributed by atoms with Crippen LogP contribution in [0.25, 0.3) is 5.69 Å². The van der Waals surface area contributed by atoms with Crippen molar-refractivity contribution in [3.63, 3.8) is 0 Å². The Morgan fingerprint density at radius 1 is 1.10 bits per heavy atom. The molecule has 0 atom stereocenters. The first kappa shape index (κ1) is 20.3. The molecule has 3 rings (SSSR count). The molecule has 6 nitrogen and oxygen atoms in total. The predicted octanol–water partition coefficient (Wildman–Crippen LogP) is 5.77. The van der Waals surface area contributed by atoms with Crippen LogP contribution in [0.3, 0.4) is 0 Å². The van der Waals surface area contributed by atoms with Gasteiger partial charge in [0, 0.05) is 40.5 Å². The molecule has 150 valence electrons. The van der Waals surface area contributed by atoms with Gasteiger partial charge in [0.15, 0.2) is 0 Å². The van der Waals surface area contributed by atoms with Crippen LogP contribution in [0.5, 0.6) is 5.75 Å². The molecule has 0 aliphatic rings. The van der Waals surface area contributed by atoms with E-state index >= 15 is 0 Å². The summed E-state index contributed by atoms with van der Waals surface area (Å²) in [4.78, 5) is 15.4. The molecule has 1 heterocycles. The minimum atomic E-state index is -0.362. The largest absolute Gasteiger partial charge is 0.494 e. The van der Waals surface area contributed by atoms with Crippen LogP contribution in [0.4, 0.5) is 11.4 Å². The highest BCUT2D eigenvalue weighted by atomic mass is 16.6. The quantitative estimate of drug-likeness (QED) is 0.304. The van der Waals surface area contributed by atoms with Crippen molar-refractivity contribution in [2.45, 2.75) is 34.6 Å². The summed E-state index contributed by atoms with van der Waals surface area (Å²) in [5.74, 6) is 0.844. The second-order valence-corrected chi connectivity index (χ2v) is 7.01. The third-order valence-corrected chi connectivity index (χ3v) is 5.05. The Kier molecular flexibility index (Phi) is 5.82. The predicted molar refractivity (Wildman–Crippen MR) is 116 cm³/mol. The van der Waals surface area contributed by atoms with Crippen molar-refractivity contribution in [3.8, 4) is 11.4 Å². The number of ether oxygens (including phenoxy) is 1. The molecule has 3 aromatic rings. The van der Waals surface area contributed by atoms with Crippen molar-refractivity contribution in [1.82, 2.24) is 4.57 Å². The Bertz CT molecular complexity index is 1080. The van der Waals surface area contributed by atoms with Crippen molar-refractivity contribution in [2.75, 3.05) is 6.61 Å². The fourth-order valence-electron chi connectivity index (χ4n) is 3.40. The first-order valence-electron chi connectivity index (χ1n) is 9.53. The van der Waals surface area contributed by atoms with Gasteiger partial charge in [0.2, 0.25) is 0 Å². The zero-order chi connectivity index (χ0) is 21.1. The van der Waals surface area contributed by atoms with E-state index in [1.807, 2.05) is 58.0 Å². The van der Waals surface area contributed by atoms with Crippen molar-refractivity contribution >= 4 is 17.6 Å². The van der Waals surface area contributed by atoms with Crippen LogP contribution >= 0.6 is 0 Å². The third kappa shape index (κ3) is 4.21. The van der Waals surface area contributed by atoms with Gasteiger partial charge in [-0.25, -0.2) is 0 Å². The summed E-state index contributed by atoms with van der Waals surface area (Å²) in [5.41, 5.74) is 6.34. The highest BCUT2D eigenvalue weighted by Gasteiger charge is 2.14. The second kappa shape index (κ2) is 8.31. The summed E-state index contributed by atoms with van der Waals surface area (Å²) in [7, 11) is 0. The minimum Gasteiger partial charge on any atom is -0.494 e. The normalized spacial score (nSPS) is 11.2. The average molecular weight is 391 g/mol. The summed E-state index contributed by atoms with van der Waals surface area (Å²) in [6.07, 6.45) is 1.77. The highest BCUT2D eigenvalue weighted by Crippen LogP contribution is 2.28. The first-order valence-corrected chi connectivity index (χ1v) is 9.53. The maximum absolute atomic E-state index is 11.3. The smallest absolute Gasteiger partial charge is 0.274 e. The van der Waals surface area contributed by atoms with Gasteiger partial charge in [-0.15, -0.1) is 0 Å². The van der Waals surface area contributed by atoms with Crippen LogP contribution in [0.15, 0.2) is 47.5 Å². The van der Waals surface area contributed by atoms with Gasteiger partial charge < -0.3 is 9.30 Å². The molecule has 0 N–H and O–H groups in total. The lowest BCUT2D eigenvalue weighted by molar-refractivity contribution is -0.385. The Morgan fingerprint density at radius 2 is 1.79 bits per heavy atom. The standard InChI is InChI=1S/C23H25N3O3/c1-6-29-22-9-7-21(8-10-22)25-16(3)12-19(18(25)5)14-24-20-11-15(2)17(4)23(13-20)26(27)28/h7-14H,6H2,1-5H3. The van der Waals surface area contributed by atoms with Gasteiger partial charge in [0.25, 0.3) is 5.69 Å². The summed E-state index contributed by atoms with van der Waals surface area (Å²) < 4.78 is 7.67. The molecule has 0 bridgehead atoms. The molecule has 0 aliphatic carbocycles. The summed E-state index contributed by atoms with van der Waals surface area (Å²) in [6, 6.07) is 13.4. The van der Waals surface area contributed by atoms with Crippen molar-refractivity contribution < 1.29 is 9.66 Å². The van der Waals surface area contributed by atoms with E-state index in [-0.39, 0.29) is 10.6 Å². The molecule has 0 amide bonds. The van der Waals surface area contributed by atoms with E-state index in [2.05, 4.69) is 15.6 Å². The topological polar surface area (TPSA) is 69.7 Å². The van der Waals surface area contributed by atoms with E-state index in [0.29, 0.717) is 17.9 Å². The molecule has 0 fully saturated rings. The number of benzene rings is 2. The third-order valence-electron chi connectivity index (χ3n) is 5.05. The molecule has 0 unspecified atom stereocenters. The van der Waals surface area contributed by atoms with E-state index in [1.54, 1.807) is 13.1 Å². The van der Waals surface area contributed by atoms with E-state index < -0.39 is 0 Å². The van der Waals surface area contributed by atoms with Crippen molar-refractivity contribution in [2.24, 2.45) is 4.99 Å². The van der Waals surface area contributed by atoms with Crippen molar-refractivity contribution in [1.29, 1.82) is 0 Å². The van der Waals surface area contributed by atoms with Crippen LogP contribution in [-0.4, -0.2) is 22.3 Å². The summed E-state index contributed by atoms with van der Waals surface area (Å²) in [6.45, 7) is 10.3. The van der Waals surface area contributed by atoms with E-state index in [0.717, 1.165) is 34.0 Å². The van der Waals surface area contributed by atoms with Gasteiger partial charge in [0.05, 0.1) is 17.2 Å². The van der Waals surface area contributed by atoms with Crippen LogP contribution in [0.1, 0.15) is 35.0 Å². The van der Waals surface area contributed by atoms with Gasteiger partial charge in [-0.1, -0.05) is 0 Å². The molecule has 1 aromatic heterocycles. The SMILES string of the molecule is CCOc1ccc(-n2c(C)cc(C=Nc3cc(C)c(C)c([N+](=O)[O-])c3)c2C)cc1. The molecule has 0 saturated carbocycles. The molecule has 0 aliphatic heterocycles. The number of aromatic nitrogens is 1. The van der Waals surface area contributed by atoms with Crippen LogP contribution < -0.4 is 4.74 Å². The molecule has 6 heteroatoms. The number of aryl methyl sites for hydroxylation is 2. The van der Waals surface area contributed by atoms with Gasteiger partial charge in [-0.3, -0.25) is 15.1 Å². The fraction of sp³-hybridized carbons (Fsp3) is 0.261. The van der Waals surface area contributed by atoms with E-state index in [1.165, 1.54) is 6.07 Å². The lowest BCUT2D eigenvalue weighted by Gasteiger charge is -2.11. The number of hydrogen-bond donors (Lipinski definition) is 0. The highest BCUT2D eigenvalue weighted by molar-refractivity contribution is 5.84. The molecule has 29 heavy (non-hydrogen) atoms. The average Bonchev–Trinajstić information content (AvgIpc) is 2.97.